The normalized spacial score (nSPS) is 12.4. The first-order valence-electron chi connectivity index (χ1n) is 5.38. The minimum absolute atomic E-state index is 0.319. The number of halogens is 2. The summed E-state index contributed by atoms with van der Waals surface area (Å²) in [6.45, 7) is 0. The number of anilines is 1. The van der Waals surface area contributed by atoms with Gasteiger partial charge in [-0.3, -0.25) is 5.84 Å². The number of benzene rings is 2. The zero-order valence-corrected chi connectivity index (χ0v) is 10.3. The molecule has 0 spiro atoms. The molecule has 2 rings (SSSR count). The van der Waals surface area contributed by atoms with Gasteiger partial charge >= 0.3 is 0 Å². The van der Waals surface area contributed by atoms with Gasteiger partial charge in [-0.1, -0.05) is 29.8 Å². The summed E-state index contributed by atoms with van der Waals surface area (Å²) in [6, 6.07) is 11.0. The van der Waals surface area contributed by atoms with Gasteiger partial charge in [-0.15, -0.1) is 0 Å². The Morgan fingerprint density at radius 1 is 1.17 bits per heavy atom. The Morgan fingerprint density at radius 3 is 2.56 bits per heavy atom. The molecule has 0 aliphatic carbocycles. The van der Waals surface area contributed by atoms with Crippen molar-refractivity contribution in [1.82, 2.24) is 5.43 Å². The summed E-state index contributed by atoms with van der Waals surface area (Å²) in [7, 11) is 0. The van der Waals surface area contributed by atoms with Gasteiger partial charge in [-0.25, -0.2) is 9.82 Å². The first kappa shape index (κ1) is 12.8. The van der Waals surface area contributed by atoms with E-state index in [0.29, 0.717) is 16.3 Å². The third-order valence-electron chi connectivity index (χ3n) is 2.71. The van der Waals surface area contributed by atoms with Gasteiger partial charge in [0.15, 0.2) is 0 Å². The molecular formula is C13H13ClFN3. The molecule has 0 aliphatic rings. The second-order valence-electron chi connectivity index (χ2n) is 3.93. The van der Waals surface area contributed by atoms with Crippen LogP contribution < -0.4 is 17.0 Å². The van der Waals surface area contributed by atoms with E-state index in [1.54, 1.807) is 30.3 Å². The number of nitrogen functional groups attached to an aromatic ring is 1. The van der Waals surface area contributed by atoms with Crippen molar-refractivity contribution < 1.29 is 4.39 Å². The van der Waals surface area contributed by atoms with Crippen molar-refractivity contribution in [2.75, 3.05) is 5.73 Å². The van der Waals surface area contributed by atoms with Crippen LogP contribution in [0.1, 0.15) is 17.2 Å². The van der Waals surface area contributed by atoms with Crippen LogP contribution in [0.15, 0.2) is 42.5 Å². The van der Waals surface area contributed by atoms with Gasteiger partial charge in [0.05, 0.1) is 6.04 Å². The molecule has 0 aliphatic heterocycles. The molecule has 0 radical (unpaired) electrons. The molecule has 2 aromatic carbocycles. The first-order chi connectivity index (χ1) is 8.61. The molecule has 0 fully saturated rings. The fourth-order valence-corrected chi connectivity index (χ4v) is 2.04. The van der Waals surface area contributed by atoms with E-state index in [1.165, 1.54) is 12.1 Å². The second-order valence-corrected chi connectivity index (χ2v) is 4.36. The monoisotopic (exact) mass is 265 g/mol. The maximum atomic E-state index is 13.2. The standard InChI is InChI=1S/C13H13ClFN3/c14-9-4-5-11(12(16)7-9)13(18-17)8-2-1-3-10(15)6-8/h1-7,13,18H,16-17H2. The summed E-state index contributed by atoms with van der Waals surface area (Å²) in [4.78, 5) is 0. The van der Waals surface area contributed by atoms with Gasteiger partial charge in [-0.05, 0) is 35.4 Å². The van der Waals surface area contributed by atoms with Crippen LogP contribution in [0, 0.1) is 5.82 Å². The van der Waals surface area contributed by atoms with Gasteiger partial charge < -0.3 is 5.73 Å². The van der Waals surface area contributed by atoms with Crippen LogP contribution in [0.3, 0.4) is 0 Å². The lowest BCUT2D eigenvalue weighted by Crippen LogP contribution is -2.29. The summed E-state index contributed by atoms with van der Waals surface area (Å²) in [5, 5.41) is 0.547. The Hall–Kier alpha value is -1.62. The minimum atomic E-state index is -0.377. The van der Waals surface area contributed by atoms with E-state index >= 15 is 0 Å². The van der Waals surface area contributed by atoms with E-state index in [4.69, 9.17) is 23.2 Å². The molecule has 0 saturated heterocycles. The van der Waals surface area contributed by atoms with Crippen molar-refractivity contribution in [3.05, 3.63) is 64.4 Å². The molecule has 1 atom stereocenters. The third kappa shape index (κ3) is 2.61. The molecule has 0 bridgehead atoms. The Labute approximate surface area is 110 Å². The van der Waals surface area contributed by atoms with Crippen LogP contribution >= 0.6 is 11.6 Å². The highest BCUT2D eigenvalue weighted by Crippen LogP contribution is 2.28. The zero-order valence-electron chi connectivity index (χ0n) is 9.53. The van der Waals surface area contributed by atoms with Crippen LogP contribution in [0.5, 0.6) is 0 Å². The lowest BCUT2D eigenvalue weighted by Gasteiger charge is -2.19. The summed E-state index contributed by atoms with van der Waals surface area (Å²) < 4.78 is 13.2. The maximum Gasteiger partial charge on any atom is 0.123 e. The van der Waals surface area contributed by atoms with Gasteiger partial charge in [0.2, 0.25) is 0 Å². The van der Waals surface area contributed by atoms with E-state index in [9.17, 15) is 4.39 Å². The molecular weight excluding hydrogens is 253 g/mol. The maximum absolute atomic E-state index is 13.2. The molecule has 3 nitrogen and oxygen atoms in total. The highest BCUT2D eigenvalue weighted by atomic mass is 35.5. The number of nitrogens with one attached hydrogen (secondary N) is 1. The van der Waals surface area contributed by atoms with Crippen LogP contribution in [-0.2, 0) is 0 Å². The average molecular weight is 266 g/mol. The Bertz CT molecular complexity index is 560. The van der Waals surface area contributed by atoms with E-state index in [1.807, 2.05) is 0 Å². The molecule has 2 aromatic rings. The average Bonchev–Trinajstić information content (AvgIpc) is 2.33. The number of hydrogen-bond acceptors (Lipinski definition) is 3. The van der Waals surface area contributed by atoms with Gasteiger partial charge in [0, 0.05) is 10.7 Å². The van der Waals surface area contributed by atoms with Crippen LogP contribution in [0.4, 0.5) is 10.1 Å². The molecule has 1 unspecified atom stereocenters. The van der Waals surface area contributed by atoms with Crippen LogP contribution in [0.25, 0.3) is 0 Å². The lowest BCUT2D eigenvalue weighted by molar-refractivity contribution is 0.606. The number of rotatable bonds is 3. The smallest absolute Gasteiger partial charge is 0.123 e. The van der Waals surface area contributed by atoms with Crippen LogP contribution in [0.2, 0.25) is 5.02 Å². The number of hydrazine groups is 1. The molecule has 5 N–H and O–H groups in total. The summed E-state index contributed by atoms with van der Waals surface area (Å²) >= 11 is 5.84. The fourth-order valence-electron chi connectivity index (χ4n) is 1.86. The van der Waals surface area contributed by atoms with E-state index in [2.05, 4.69) is 5.43 Å². The van der Waals surface area contributed by atoms with E-state index < -0.39 is 0 Å². The topological polar surface area (TPSA) is 64.1 Å². The first-order valence-corrected chi connectivity index (χ1v) is 5.76. The number of hydrogen-bond donors (Lipinski definition) is 3. The van der Waals surface area contributed by atoms with E-state index in [-0.39, 0.29) is 11.9 Å². The SMILES string of the molecule is NNC(c1cccc(F)c1)c1ccc(Cl)cc1N. The van der Waals surface area contributed by atoms with Crippen molar-refractivity contribution in [2.24, 2.45) is 5.84 Å². The predicted octanol–water partition coefficient (Wildman–Crippen LogP) is 2.61. The minimum Gasteiger partial charge on any atom is -0.398 e. The number of nitrogens with two attached hydrogens (primary N) is 2. The lowest BCUT2D eigenvalue weighted by atomic mass is 9.98. The van der Waals surface area contributed by atoms with Crippen molar-refractivity contribution in [3.63, 3.8) is 0 Å². The quantitative estimate of drug-likeness (QED) is 0.454. The summed E-state index contributed by atoms with van der Waals surface area (Å²) in [5.74, 6) is 5.21. The molecule has 0 heterocycles. The molecule has 18 heavy (non-hydrogen) atoms. The molecule has 0 aromatic heterocycles. The summed E-state index contributed by atoms with van der Waals surface area (Å²) in [5.41, 5.74) is 10.5. The Balaban J connectivity index is 2.45. The van der Waals surface area contributed by atoms with Crippen molar-refractivity contribution >= 4 is 17.3 Å². The van der Waals surface area contributed by atoms with E-state index in [0.717, 1.165) is 5.56 Å². The van der Waals surface area contributed by atoms with Gasteiger partial charge in [0.1, 0.15) is 5.82 Å². The molecule has 0 saturated carbocycles. The molecule has 5 heteroatoms. The Morgan fingerprint density at radius 2 is 1.94 bits per heavy atom. The Kier molecular flexibility index (Phi) is 3.81. The third-order valence-corrected chi connectivity index (χ3v) is 2.94. The summed E-state index contributed by atoms with van der Waals surface area (Å²) in [6.07, 6.45) is 0. The van der Waals surface area contributed by atoms with Crippen molar-refractivity contribution in [2.45, 2.75) is 6.04 Å². The van der Waals surface area contributed by atoms with Gasteiger partial charge in [-0.2, -0.15) is 0 Å². The largest absolute Gasteiger partial charge is 0.398 e. The highest BCUT2D eigenvalue weighted by molar-refractivity contribution is 6.30. The molecule has 94 valence electrons. The fraction of sp³-hybridized carbons (Fsp3) is 0.0769. The zero-order chi connectivity index (χ0) is 13.1. The van der Waals surface area contributed by atoms with Crippen LogP contribution in [-0.4, -0.2) is 0 Å². The predicted molar refractivity (Wildman–Crippen MR) is 71.4 cm³/mol. The highest BCUT2D eigenvalue weighted by Gasteiger charge is 2.15. The second kappa shape index (κ2) is 5.35. The van der Waals surface area contributed by atoms with Gasteiger partial charge in [0.25, 0.3) is 0 Å². The molecule has 0 amide bonds. The van der Waals surface area contributed by atoms with Crippen molar-refractivity contribution in [3.8, 4) is 0 Å². The van der Waals surface area contributed by atoms with Crippen molar-refractivity contribution in [1.29, 1.82) is 0 Å².